The summed E-state index contributed by atoms with van der Waals surface area (Å²) in [6.45, 7) is 1.06. The van der Waals surface area contributed by atoms with E-state index in [1.165, 1.54) is 31.2 Å². The lowest BCUT2D eigenvalue weighted by Gasteiger charge is -2.14. The van der Waals surface area contributed by atoms with Crippen molar-refractivity contribution in [2.45, 2.75) is 19.6 Å². The van der Waals surface area contributed by atoms with Crippen LogP contribution < -0.4 is 5.32 Å². The lowest BCUT2D eigenvalue weighted by atomic mass is 10.1. The first-order valence-electron chi connectivity index (χ1n) is 7.18. The third-order valence-electron chi connectivity index (χ3n) is 3.32. The van der Waals surface area contributed by atoms with Crippen LogP contribution in [0.4, 0.5) is 18.9 Å². The fourth-order valence-corrected chi connectivity index (χ4v) is 1.89. The maximum atomic E-state index is 13.5. The number of aliphatic hydroxyl groups is 1. The first-order chi connectivity index (χ1) is 11.8. The highest BCUT2D eigenvalue weighted by atomic mass is 19.2. The zero-order chi connectivity index (χ0) is 18.6. The van der Waals surface area contributed by atoms with Crippen molar-refractivity contribution in [2.24, 2.45) is 0 Å². The van der Waals surface area contributed by atoms with Crippen molar-refractivity contribution in [3.05, 3.63) is 65.0 Å². The zero-order valence-corrected chi connectivity index (χ0v) is 13.1. The molecule has 0 aromatic heterocycles. The summed E-state index contributed by atoms with van der Waals surface area (Å²) in [6, 6.07) is 7.36. The van der Waals surface area contributed by atoms with E-state index in [1.807, 2.05) is 5.32 Å². The van der Waals surface area contributed by atoms with E-state index in [4.69, 9.17) is 9.84 Å². The molecule has 0 aliphatic carbocycles. The van der Waals surface area contributed by atoms with Gasteiger partial charge < -0.3 is 15.2 Å². The first-order valence-corrected chi connectivity index (χ1v) is 7.18. The van der Waals surface area contributed by atoms with Crippen LogP contribution in [0.5, 0.6) is 0 Å². The van der Waals surface area contributed by atoms with Crippen molar-refractivity contribution in [2.75, 3.05) is 5.32 Å². The molecule has 0 spiro atoms. The van der Waals surface area contributed by atoms with Crippen LogP contribution in [-0.2, 0) is 16.1 Å². The van der Waals surface area contributed by atoms with Crippen molar-refractivity contribution in [3.8, 4) is 0 Å². The van der Waals surface area contributed by atoms with Gasteiger partial charge in [0.25, 0.3) is 5.91 Å². The number of anilines is 1. The van der Waals surface area contributed by atoms with Gasteiger partial charge in [0.2, 0.25) is 0 Å². The molecule has 8 heteroatoms. The summed E-state index contributed by atoms with van der Waals surface area (Å²) in [6.07, 6.45) is -1.31. The summed E-state index contributed by atoms with van der Waals surface area (Å²) in [5, 5.41) is 11.0. The monoisotopic (exact) mass is 353 g/mol. The van der Waals surface area contributed by atoms with Crippen LogP contribution in [0.25, 0.3) is 0 Å². The molecule has 2 N–H and O–H groups in total. The van der Waals surface area contributed by atoms with Gasteiger partial charge in [0.1, 0.15) is 0 Å². The van der Waals surface area contributed by atoms with E-state index in [-0.39, 0.29) is 12.2 Å². The van der Waals surface area contributed by atoms with Gasteiger partial charge in [-0.05, 0) is 36.8 Å². The van der Waals surface area contributed by atoms with Crippen LogP contribution in [0.1, 0.15) is 22.8 Å². The first kappa shape index (κ1) is 18.5. The molecule has 132 valence electrons. The van der Waals surface area contributed by atoms with Gasteiger partial charge in [-0.3, -0.25) is 4.79 Å². The summed E-state index contributed by atoms with van der Waals surface area (Å²) >= 11 is 0. The number of carbonyl (C=O) groups excluding carboxylic acids is 2. The number of hydrogen-bond donors (Lipinski definition) is 2. The number of benzene rings is 2. The van der Waals surface area contributed by atoms with Gasteiger partial charge in [0.15, 0.2) is 23.6 Å². The Hall–Kier alpha value is -2.87. The molecular formula is C17H14F3NO4. The number of aliphatic hydroxyl groups excluding tert-OH is 1. The van der Waals surface area contributed by atoms with Crippen molar-refractivity contribution in [3.63, 3.8) is 0 Å². The normalized spacial score (nSPS) is 11.7. The van der Waals surface area contributed by atoms with E-state index >= 15 is 0 Å². The molecule has 25 heavy (non-hydrogen) atoms. The van der Waals surface area contributed by atoms with E-state index < -0.39 is 41.1 Å². The average molecular weight is 353 g/mol. The summed E-state index contributed by atoms with van der Waals surface area (Å²) < 4.78 is 44.4. The molecule has 1 atom stereocenters. The second-order valence-electron chi connectivity index (χ2n) is 5.11. The Balaban J connectivity index is 2.02. The lowest BCUT2D eigenvalue weighted by Crippen LogP contribution is -2.30. The Morgan fingerprint density at radius 1 is 1.08 bits per heavy atom. The molecule has 0 bridgehead atoms. The number of halogens is 3. The summed E-state index contributed by atoms with van der Waals surface area (Å²) in [5.74, 6) is -6.37. The molecule has 0 saturated heterocycles. The number of nitrogens with one attached hydrogen (secondary N) is 1. The van der Waals surface area contributed by atoms with Crippen molar-refractivity contribution in [1.29, 1.82) is 0 Å². The molecular weight excluding hydrogens is 339 g/mol. The van der Waals surface area contributed by atoms with Crippen molar-refractivity contribution >= 4 is 17.6 Å². The summed E-state index contributed by atoms with van der Waals surface area (Å²) in [7, 11) is 0. The topological polar surface area (TPSA) is 75.6 Å². The molecule has 0 aliphatic heterocycles. The quantitative estimate of drug-likeness (QED) is 0.640. The van der Waals surface area contributed by atoms with E-state index in [2.05, 4.69) is 0 Å². The fraction of sp³-hybridized carbons (Fsp3) is 0.176. The smallest absolute Gasteiger partial charge is 0.338 e. The van der Waals surface area contributed by atoms with E-state index in [1.54, 1.807) is 0 Å². The number of rotatable bonds is 5. The maximum absolute atomic E-state index is 13.5. The van der Waals surface area contributed by atoms with Gasteiger partial charge in [-0.25, -0.2) is 18.0 Å². The Morgan fingerprint density at radius 3 is 2.32 bits per heavy atom. The SMILES string of the molecule is C[C@H](OC(=O)c1ccc(CO)cc1)C(=O)Nc1ccc(F)c(F)c1F. The molecule has 0 heterocycles. The van der Waals surface area contributed by atoms with E-state index in [9.17, 15) is 22.8 Å². The molecule has 0 fully saturated rings. The number of hydrogen-bond acceptors (Lipinski definition) is 4. The van der Waals surface area contributed by atoms with Crippen molar-refractivity contribution < 1.29 is 32.6 Å². The van der Waals surface area contributed by atoms with Gasteiger partial charge in [-0.2, -0.15) is 0 Å². The highest BCUT2D eigenvalue weighted by molar-refractivity contribution is 5.97. The molecule has 0 saturated carbocycles. The standard InChI is InChI=1S/C17H14F3NO4/c1-9(25-17(24)11-4-2-10(8-22)3-5-11)16(23)21-13-7-6-12(18)14(19)15(13)20/h2-7,9,22H,8H2,1H3,(H,21,23)/t9-/m0/s1. The number of ether oxygens (including phenoxy) is 1. The van der Waals surface area contributed by atoms with Crippen LogP contribution >= 0.6 is 0 Å². The number of carbonyl (C=O) groups is 2. The van der Waals surface area contributed by atoms with Crippen LogP contribution in [0.15, 0.2) is 36.4 Å². The molecule has 2 aromatic rings. The third kappa shape index (κ3) is 4.36. The predicted molar refractivity (Wildman–Crippen MR) is 82.2 cm³/mol. The third-order valence-corrected chi connectivity index (χ3v) is 3.32. The minimum Gasteiger partial charge on any atom is -0.449 e. The second kappa shape index (κ2) is 7.80. The summed E-state index contributed by atoms with van der Waals surface area (Å²) in [4.78, 5) is 23.9. The van der Waals surface area contributed by atoms with Gasteiger partial charge in [-0.15, -0.1) is 0 Å². The maximum Gasteiger partial charge on any atom is 0.338 e. The average Bonchev–Trinajstić information content (AvgIpc) is 2.62. The van der Waals surface area contributed by atoms with Gasteiger partial charge in [0, 0.05) is 0 Å². The number of esters is 1. The van der Waals surface area contributed by atoms with Gasteiger partial charge >= 0.3 is 5.97 Å². The number of amides is 1. The largest absolute Gasteiger partial charge is 0.449 e. The molecule has 1 amide bonds. The highest BCUT2D eigenvalue weighted by Crippen LogP contribution is 2.20. The molecule has 0 aliphatic rings. The minimum absolute atomic E-state index is 0.149. The van der Waals surface area contributed by atoms with E-state index in [0.29, 0.717) is 11.6 Å². The molecule has 5 nitrogen and oxygen atoms in total. The van der Waals surface area contributed by atoms with Crippen molar-refractivity contribution in [1.82, 2.24) is 0 Å². The fourth-order valence-electron chi connectivity index (χ4n) is 1.89. The molecule has 2 aromatic carbocycles. The van der Waals surface area contributed by atoms with Crippen LogP contribution in [0.2, 0.25) is 0 Å². The molecule has 2 rings (SSSR count). The van der Waals surface area contributed by atoms with Crippen LogP contribution in [-0.4, -0.2) is 23.1 Å². The molecule has 0 radical (unpaired) electrons. The predicted octanol–water partition coefficient (Wildman–Crippen LogP) is 2.78. The van der Waals surface area contributed by atoms with Gasteiger partial charge in [0.05, 0.1) is 17.9 Å². The van der Waals surface area contributed by atoms with Crippen LogP contribution in [0, 0.1) is 17.5 Å². The Kier molecular flexibility index (Phi) is 5.76. The Bertz CT molecular complexity index is 793. The lowest BCUT2D eigenvalue weighted by molar-refractivity contribution is -0.123. The van der Waals surface area contributed by atoms with Gasteiger partial charge in [-0.1, -0.05) is 12.1 Å². The highest BCUT2D eigenvalue weighted by Gasteiger charge is 2.21. The summed E-state index contributed by atoms with van der Waals surface area (Å²) in [5.41, 5.74) is 0.172. The van der Waals surface area contributed by atoms with Crippen LogP contribution in [0.3, 0.4) is 0 Å². The zero-order valence-electron chi connectivity index (χ0n) is 13.1. The Labute approximate surface area is 141 Å². The Morgan fingerprint density at radius 2 is 1.72 bits per heavy atom. The van der Waals surface area contributed by atoms with E-state index in [0.717, 1.165) is 6.07 Å². The second-order valence-corrected chi connectivity index (χ2v) is 5.11. The minimum atomic E-state index is -1.72. The molecule has 0 unspecified atom stereocenters.